The van der Waals surface area contributed by atoms with Gasteiger partial charge in [-0.3, -0.25) is 4.79 Å². The van der Waals surface area contributed by atoms with Crippen LogP contribution in [-0.2, 0) is 20.8 Å². The van der Waals surface area contributed by atoms with Gasteiger partial charge in [0, 0.05) is 11.6 Å². The third kappa shape index (κ3) is 5.06. The molecule has 0 saturated carbocycles. The zero-order valence-electron chi connectivity index (χ0n) is 14.3. The van der Waals surface area contributed by atoms with Crippen LogP contribution in [0.4, 0.5) is 0 Å². The van der Waals surface area contributed by atoms with Crippen LogP contribution in [0, 0.1) is 0 Å². The molecule has 1 aromatic carbocycles. The fourth-order valence-corrected chi connectivity index (χ4v) is 3.09. The third-order valence-electron chi connectivity index (χ3n) is 3.76. The van der Waals surface area contributed by atoms with Gasteiger partial charge in [0.2, 0.25) is 5.78 Å². The molecule has 1 aromatic heterocycles. The first-order valence-corrected chi connectivity index (χ1v) is 9.01. The van der Waals surface area contributed by atoms with E-state index in [9.17, 15) is 4.79 Å². The summed E-state index contributed by atoms with van der Waals surface area (Å²) in [6, 6.07) is 9.89. The summed E-state index contributed by atoms with van der Waals surface area (Å²) in [4.78, 5) is 16.2. The highest BCUT2D eigenvalue weighted by Gasteiger charge is 2.37. The molecule has 2 atom stereocenters. The Labute approximate surface area is 151 Å². The molecular weight excluding hydrogens is 338 g/mol. The molecule has 0 bridgehead atoms. The van der Waals surface area contributed by atoms with Crippen molar-refractivity contribution < 1.29 is 19.0 Å². The van der Waals surface area contributed by atoms with Crippen LogP contribution in [-0.4, -0.2) is 35.4 Å². The quantitative estimate of drug-likeness (QED) is 0.558. The van der Waals surface area contributed by atoms with Gasteiger partial charge in [-0.1, -0.05) is 30.3 Å². The number of carbonyl (C=O) groups is 1. The molecule has 5 nitrogen and oxygen atoms in total. The number of carbonyl (C=O) groups excluding carboxylic acids is 1. The van der Waals surface area contributed by atoms with Crippen molar-refractivity contribution in [3.63, 3.8) is 0 Å². The zero-order chi connectivity index (χ0) is 17.7. The Kier molecular flexibility index (Phi) is 5.75. The van der Waals surface area contributed by atoms with Crippen molar-refractivity contribution in [2.75, 3.05) is 6.61 Å². The van der Waals surface area contributed by atoms with Crippen molar-refractivity contribution in [2.45, 2.75) is 38.4 Å². The summed E-state index contributed by atoms with van der Waals surface area (Å²) in [5.74, 6) is -0.784. The Morgan fingerprint density at radius 2 is 2.24 bits per heavy atom. The molecule has 2 heterocycles. The molecule has 0 aliphatic carbocycles. The normalized spacial score (nSPS) is 20.8. The van der Waals surface area contributed by atoms with Crippen LogP contribution in [0.15, 0.2) is 54.1 Å². The van der Waals surface area contributed by atoms with Gasteiger partial charge in [-0.15, -0.1) is 11.3 Å². The molecule has 1 aliphatic heterocycles. The standard InChI is InChI=1S/C19H21NO4S/c1-19(2)23-13-17(24-19)16(22-12-14-6-4-3-5-7-14)9-8-15(21)18-20-10-11-25-18/h3-11,16-17H,12-13H2,1-2H3/b9-8+/t16-,17+/m0/s1. The van der Waals surface area contributed by atoms with E-state index < -0.39 is 5.79 Å². The number of benzene rings is 1. The van der Waals surface area contributed by atoms with Crippen molar-refractivity contribution in [3.8, 4) is 0 Å². The van der Waals surface area contributed by atoms with Gasteiger partial charge in [0.25, 0.3) is 0 Å². The first kappa shape index (κ1) is 17.9. The predicted octanol–water partition coefficient (Wildman–Crippen LogP) is 3.62. The number of ether oxygens (including phenoxy) is 3. The topological polar surface area (TPSA) is 57.7 Å². The summed E-state index contributed by atoms with van der Waals surface area (Å²) < 4.78 is 17.5. The van der Waals surface area contributed by atoms with E-state index in [0.29, 0.717) is 18.2 Å². The number of ketones is 1. The van der Waals surface area contributed by atoms with Crippen LogP contribution in [0.3, 0.4) is 0 Å². The van der Waals surface area contributed by atoms with Gasteiger partial charge in [0.05, 0.1) is 13.2 Å². The van der Waals surface area contributed by atoms with Crippen LogP contribution >= 0.6 is 11.3 Å². The minimum Gasteiger partial charge on any atom is -0.367 e. The van der Waals surface area contributed by atoms with E-state index in [1.54, 1.807) is 17.7 Å². The molecule has 0 spiro atoms. The monoisotopic (exact) mass is 359 g/mol. The Bertz CT molecular complexity index is 712. The molecule has 0 unspecified atom stereocenters. The number of hydrogen-bond donors (Lipinski definition) is 0. The lowest BCUT2D eigenvalue weighted by atomic mass is 10.1. The molecule has 0 N–H and O–H groups in total. The fraction of sp³-hybridized carbons (Fsp3) is 0.368. The lowest BCUT2D eigenvalue weighted by Gasteiger charge is -2.22. The molecule has 1 fully saturated rings. The fourth-order valence-electron chi connectivity index (χ4n) is 2.53. The smallest absolute Gasteiger partial charge is 0.214 e. The SMILES string of the molecule is CC1(C)OC[C@H]([C@H](/C=C/C(=O)c2nccs2)OCc2ccccc2)O1. The van der Waals surface area contributed by atoms with Crippen molar-refractivity contribution >= 4 is 17.1 Å². The summed E-state index contributed by atoms with van der Waals surface area (Å²) in [6.45, 7) is 4.58. The molecule has 1 saturated heterocycles. The second kappa shape index (κ2) is 8.01. The Balaban J connectivity index is 1.69. The van der Waals surface area contributed by atoms with Gasteiger partial charge >= 0.3 is 0 Å². The lowest BCUT2D eigenvalue weighted by Crippen LogP contribution is -2.31. The van der Waals surface area contributed by atoms with Gasteiger partial charge in [0.15, 0.2) is 10.8 Å². The molecule has 0 radical (unpaired) electrons. The van der Waals surface area contributed by atoms with Gasteiger partial charge < -0.3 is 14.2 Å². The highest BCUT2D eigenvalue weighted by Crippen LogP contribution is 2.26. The van der Waals surface area contributed by atoms with Crippen LogP contribution in [0.1, 0.15) is 29.2 Å². The number of thiazole rings is 1. The summed E-state index contributed by atoms with van der Waals surface area (Å²) in [5.41, 5.74) is 1.06. The van der Waals surface area contributed by atoms with Gasteiger partial charge in [-0.2, -0.15) is 0 Å². The summed E-state index contributed by atoms with van der Waals surface area (Å²) in [7, 11) is 0. The highest BCUT2D eigenvalue weighted by atomic mass is 32.1. The van der Waals surface area contributed by atoms with Crippen LogP contribution in [0.2, 0.25) is 0 Å². The molecular formula is C19H21NO4S. The van der Waals surface area contributed by atoms with E-state index in [1.165, 1.54) is 17.4 Å². The molecule has 0 amide bonds. The zero-order valence-corrected chi connectivity index (χ0v) is 15.1. The number of nitrogens with zero attached hydrogens (tertiary/aromatic N) is 1. The van der Waals surface area contributed by atoms with E-state index in [0.717, 1.165) is 5.56 Å². The van der Waals surface area contributed by atoms with Gasteiger partial charge in [-0.05, 0) is 31.6 Å². The maximum atomic E-state index is 12.2. The Morgan fingerprint density at radius 1 is 1.44 bits per heavy atom. The molecule has 1 aliphatic rings. The number of rotatable bonds is 7. The molecule has 6 heteroatoms. The van der Waals surface area contributed by atoms with E-state index in [-0.39, 0.29) is 18.0 Å². The Hall–Kier alpha value is -1.86. The van der Waals surface area contributed by atoms with Crippen molar-refractivity contribution in [3.05, 3.63) is 64.6 Å². The molecule has 2 aromatic rings. The minimum absolute atomic E-state index is 0.138. The average Bonchev–Trinajstić information content (AvgIpc) is 3.25. The third-order valence-corrected chi connectivity index (χ3v) is 4.55. The molecule has 25 heavy (non-hydrogen) atoms. The van der Waals surface area contributed by atoms with Gasteiger partial charge in [0.1, 0.15) is 12.2 Å². The van der Waals surface area contributed by atoms with Crippen molar-refractivity contribution in [2.24, 2.45) is 0 Å². The number of hydrogen-bond acceptors (Lipinski definition) is 6. The first-order chi connectivity index (χ1) is 12.0. The first-order valence-electron chi connectivity index (χ1n) is 8.13. The molecule has 132 valence electrons. The maximum absolute atomic E-state index is 12.2. The second-order valence-electron chi connectivity index (χ2n) is 6.19. The molecule has 3 rings (SSSR count). The largest absolute Gasteiger partial charge is 0.367 e. The summed E-state index contributed by atoms with van der Waals surface area (Å²) >= 11 is 1.32. The maximum Gasteiger partial charge on any atom is 0.214 e. The van der Waals surface area contributed by atoms with E-state index >= 15 is 0 Å². The minimum atomic E-state index is -0.647. The Morgan fingerprint density at radius 3 is 2.88 bits per heavy atom. The summed E-state index contributed by atoms with van der Waals surface area (Å²) in [5, 5.41) is 2.24. The van der Waals surface area contributed by atoms with E-state index in [4.69, 9.17) is 14.2 Å². The highest BCUT2D eigenvalue weighted by molar-refractivity contribution is 7.11. The van der Waals surface area contributed by atoms with Crippen LogP contribution in [0.5, 0.6) is 0 Å². The number of aromatic nitrogens is 1. The van der Waals surface area contributed by atoms with Crippen molar-refractivity contribution in [1.29, 1.82) is 0 Å². The second-order valence-corrected chi connectivity index (χ2v) is 7.08. The van der Waals surface area contributed by atoms with Crippen molar-refractivity contribution in [1.82, 2.24) is 4.98 Å². The number of allylic oxidation sites excluding steroid dienone is 1. The van der Waals surface area contributed by atoms with Crippen LogP contribution < -0.4 is 0 Å². The lowest BCUT2D eigenvalue weighted by molar-refractivity contribution is -0.152. The van der Waals surface area contributed by atoms with E-state index in [1.807, 2.05) is 44.2 Å². The van der Waals surface area contributed by atoms with Gasteiger partial charge in [-0.25, -0.2) is 4.98 Å². The average molecular weight is 359 g/mol. The van der Waals surface area contributed by atoms with Crippen LogP contribution in [0.25, 0.3) is 0 Å². The summed E-state index contributed by atoms with van der Waals surface area (Å²) in [6.07, 6.45) is 4.21. The predicted molar refractivity (Wildman–Crippen MR) is 95.5 cm³/mol. The van der Waals surface area contributed by atoms with E-state index in [2.05, 4.69) is 4.98 Å².